The number of piperidine rings is 1. The van der Waals surface area contributed by atoms with Gasteiger partial charge in [0, 0.05) is 5.39 Å². The fourth-order valence-electron chi connectivity index (χ4n) is 3.93. The number of hydrogen-bond acceptors (Lipinski definition) is 2. The zero-order valence-electron chi connectivity index (χ0n) is 15.2. The number of likely N-dealkylation sites (tertiary alicyclic amines) is 1. The second-order valence-electron chi connectivity index (χ2n) is 7.07. The molecule has 2 N–H and O–H groups in total. The molecule has 1 saturated heterocycles. The van der Waals surface area contributed by atoms with Crippen molar-refractivity contribution < 1.29 is 9.64 Å². The highest BCUT2D eigenvalue weighted by molar-refractivity contribution is 5.84. The molecule has 0 bridgehead atoms. The van der Waals surface area contributed by atoms with Crippen LogP contribution in [0.4, 0.5) is 0 Å². The van der Waals surface area contributed by atoms with E-state index in [-0.39, 0.29) is 5.43 Å². The lowest BCUT2D eigenvalue weighted by molar-refractivity contribution is -0.918. The Kier molecular flexibility index (Phi) is 4.76. The molecule has 0 radical (unpaired) electrons. The van der Waals surface area contributed by atoms with Gasteiger partial charge >= 0.3 is 0 Å². The number of rotatable bonds is 4. The summed E-state index contributed by atoms with van der Waals surface area (Å²) in [5, 5.41) is 0.704. The Morgan fingerprint density at radius 2 is 1.81 bits per heavy atom. The lowest BCUT2D eigenvalue weighted by atomic mass is 10.0. The summed E-state index contributed by atoms with van der Waals surface area (Å²) in [7, 11) is 1.63. The normalized spacial score (nSPS) is 15.3. The number of aromatic amines is 1. The van der Waals surface area contributed by atoms with Gasteiger partial charge in [-0.05, 0) is 43.0 Å². The quantitative estimate of drug-likeness (QED) is 0.761. The monoisotopic (exact) mass is 349 g/mol. The number of ether oxygens (including phenoxy) is 1. The van der Waals surface area contributed by atoms with Crippen LogP contribution in [0.2, 0.25) is 0 Å². The predicted molar refractivity (Wildman–Crippen MR) is 105 cm³/mol. The Morgan fingerprint density at radius 3 is 2.54 bits per heavy atom. The Labute approximate surface area is 153 Å². The van der Waals surface area contributed by atoms with Crippen LogP contribution in [-0.2, 0) is 6.54 Å². The van der Waals surface area contributed by atoms with Crippen molar-refractivity contribution in [3.05, 3.63) is 64.3 Å². The second-order valence-corrected chi connectivity index (χ2v) is 7.07. The van der Waals surface area contributed by atoms with Crippen LogP contribution in [-0.4, -0.2) is 25.2 Å². The maximum atomic E-state index is 13.4. The van der Waals surface area contributed by atoms with Crippen LogP contribution in [0.25, 0.3) is 22.2 Å². The molecular weight excluding hydrogens is 324 g/mol. The Morgan fingerprint density at radius 1 is 1.04 bits per heavy atom. The standard InChI is InChI=1S/C22H24N2O2/c1-26-17-10-11-20-18(14-17)22(25)19(15-24-12-6-3-7-13-24)21(23-20)16-8-4-2-5-9-16/h2,4-5,8-11,14H,3,6-7,12-13,15H2,1H3,(H,23,25)/p+1. The maximum Gasteiger partial charge on any atom is 0.199 e. The minimum Gasteiger partial charge on any atom is -0.497 e. The lowest BCUT2D eigenvalue weighted by Crippen LogP contribution is -3.11. The molecule has 1 aromatic heterocycles. The van der Waals surface area contributed by atoms with Gasteiger partial charge in [-0.3, -0.25) is 4.79 Å². The van der Waals surface area contributed by atoms with E-state index in [1.807, 2.05) is 36.4 Å². The van der Waals surface area contributed by atoms with Gasteiger partial charge in [0.15, 0.2) is 5.43 Å². The van der Waals surface area contributed by atoms with Crippen LogP contribution >= 0.6 is 0 Å². The summed E-state index contributed by atoms with van der Waals surface area (Å²) in [6.45, 7) is 3.06. The van der Waals surface area contributed by atoms with Gasteiger partial charge in [0.1, 0.15) is 12.3 Å². The first-order valence-electron chi connectivity index (χ1n) is 9.38. The van der Waals surface area contributed by atoms with E-state index in [0.717, 1.165) is 42.0 Å². The Hall–Kier alpha value is -2.59. The van der Waals surface area contributed by atoms with Crippen LogP contribution in [0.1, 0.15) is 24.8 Å². The topological polar surface area (TPSA) is 46.5 Å². The minimum atomic E-state index is 0.120. The molecule has 1 aliphatic heterocycles. The number of pyridine rings is 1. The largest absolute Gasteiger partial charge is 0.497 e. The van der Waals surface area contributed by atoms with Gasteiger partial charge in [-0.15, -0.1) is 0 Å². The molecule has 4 nitrogen and oxygen atoms in total. The molecule has 0 atom stereocenters. The van der Waals surface area contributed by atoms with Crippen molar-refractivity contribution in [2.45, 2.75) is 25.8 Å². The third kappa shape index (κ3) is 3.25. The number of methoxy groups -OCH3 is 1. The number of quaternary nitrogens is 1. The molecule has 4 rings (SSSR count). The summed E-state index contributed by atoms with van der Waals surface area (Å²) in [4.78, 5) is 18.4. The van der Waals surface area contributed by atoms with Gasteiger partial charge in [0.2, 0.25) is 0 Å². The van der Waals surface area contributed by atoms with E-state index in [2.05, 4.69) is 17.1 Å². The highest BCUT2D eigenvalue weighted by atomic mass is 16.5. The lowest BCUT2D eigenvalue weighted by Gasteiger charge is -2.24. The summed E-state index contributed by atoms with van der Waals surface area (Å²) in [6.07, 6.45) is 3.80. The molecule has 26 heavy (non-hydrogen) atoms. The van der Waals surface area contributed by atoms with Crippen LogP contribution in [0.3, 0.4) is 0 Å². The van der Waals surface area contributed by atoms with Gasteiger partial charge < -0.3 is 14.6 Å². The molecule has 3 aromatic rings. The van der Waals surface area contributed by atoms with Gasteiger partial charge in [0.05, 0.1) is 37.0 Å². The fourth-order valence-corrected chi connectivity index (χ4v) is 3.93. The van der Waals surface area contributed by atoms with Crippen LogP contribution in [0.5, 0.6) is 5.75 Å². The zero-order valence-corrected chi connectivity index (χ0v) is 15.2. The zero-order chi connectivity index (χ0) is 17.9. The number of fused-ring (bicyclic) bond motifs is 1. The van der Waals surface area contributed by atoms with Crippen LogP contribution in [0, 0.1) is 0 Å². The number of aromatic nitrogens is 1. The molecule has 4 heteroatoms. The second kappa shape index (κ2) is 7.34. The average Bonchev–Trinajstić information content (AvgIpc) is 2.71. The molecule has 134 valence electrons. The van der Waals surface area contributed by atoms with E-state index < -0.39 is 0 Å². The minimum absolute atomic E-state index is 0.120. The van der Waals surface area contributed by atoms with Crippen molar-refractivity contribution in [3.63, 3.8) is 0 Å². The van der Waals surface area contributed by atoms with Crippen molar-refractivity contribution in [2.75, 3.05) is 20.2 Å². The van der Waals surface area contributed by atoms with Crippen molar-refractivity contribution >= 4 is 10.9 Å². The predicted octanol–water partition coefficient (Wildman–Crippen LogP) is 2.77. The fraction of sp³-hybridized carbons (Fsp3) is 0.318. The SMILES string of the molecule is COc1ccc2[nH]c(-c3ccccc3)c(C[NH+]3CCCCC3)c(=O)c2c1. The Balaban J connectivity index is 1.89. The summed E-state index contributed by atoms with van der Waals surface area (Å²) >= 11 is 0. The first kappa shape index (κ1) is 16.9. The average molecular weight is 349 g/mol. The summed E-state index contributed by atoms with van der Waals surface area (Å²) in [6, 6.07) is 15.8. The van der Waals surface area contributed by atoms with Crippen molar-refractivity contribution in [3.8, 4) is 17.0 Å². The van der Waals surface area contributed by atoms with E-state index in [0.29, 0.717) is 11.1 Å². The van der Waals surface area contributed by atoms with E-state index in [9.17, 15) is 4.79 Å². The van der Waals surface area contributed by atoms with Gasteiger partial charge in [0.25, 0.3) is 0 Å². The molecule has 0 unspecified atom stereocenters. The first-order valence-corrected chi connectivity index (χ1v) is 9.38. The van der Waals surface area contributed by atoms with Gasteiger partial charge in [-0.2, -0.15) is 0 Å². The smallest absolute Gasteiger partial charge is 0.199 e. The number of hydrogen-bond donors (Lipinski definition) is 2. The molecule has 2 heterocycles. The first-order chi connectivity index (χ1) is 12.8. The van der Waals surface area contributed by atoms with Crippen LogP contribution in [0.15, 0.2) is 53.3 Å². The molecule has 1 aliphatic rings. The number of nitrogens with one attached hydrogen (secondary N) is 2. The third-order valence-electron chi connectivity index (χ3n) is 5.36. The highest BCUT2D eigenvalue weighted by Gasteiger charge is 2.21. The molecule has 0 amide bonds. The number of H-pyrrole nitrogens is 1. The molecular formula is C22H25N2O2+. The molecule has 2 aromatic carbocycles. The summed E-state index contributed by atoms with van der Waals surface area (Å²) in [5.41, 5.74) is 3.87. The van der Waals surface area contributed by atoms with E-state index in [4.69, 9.17) is 4.74 Å². The van der Waals surface area contributed by atoms with Gasteiger partial charge in [-0.25, -0.2) is 0 Å². The summed E-state index contributed by atoms with van der Waals surface area (Å²) < 4.78 is 5.32. The van der Waals surface area contributed by atoms with Crippen molar-refractivity contribution in [2.24, 2.45) is 0 Å². The van der Waals surface area contributed by atoms with Crippen molar-refractivity contribution in [1.82, 2.24) is 4.98 Å². The summed E-state index contributed by atoms with van der Waals surface area (Å²) in [5.74, 6) is 0.715. The third-order valence-corrected chi connectivity index (χ3v) is 5.36. The van der Waals surface area contributed by atoms with E-state index in [1.54, 1.807) is 7.11 Å². The molecule has 0 saturated carbocycles. The van der Waals surface area contributed by atoms with Crippen LogP contribution < -0.4 is 15.1 Å². The Bertz CT molecular complexity index is 957. The molecule has 0 aliphatic carbocycles. The van der Waals surface area contributed by atoms with Crippen molar-refractivity contribution in [1.29, 1.82) is 0 Å². The molecule has 0 spiro atoms. The van der Waals surface area contributed by atoms with E-state index >= 15 is 0 Å². The maximum absolute atomic E-state index is 13.4. The molecule has 1 fully saturated rings. The van der Waals surface area contributed by atoms with E-state index in [1.165, 1.54) is 24.2 Å². The highest BCUT2D eigenvalue weighted by Crippen LogP contribution is 2.24. The number of benzene rings is 2. The van der Waals surface area contributed by atoms with Gasteiger partial charge in [-0.1, -0.05) is 30.3 Å².